The number of nitrogens with zero attached hydrogens (tertiary/aromatic N) is 3. The number of halogens is 6. The molecule has 13 heteroatoms. The molecule has 0 spiro atoms. The Labute approximate surface area is 860 Å². The first kappa shape index (κ1) is 93.4. The minimum Gasteiger partial charge on any atom is -0.423 e. The number of nitrogen functional groups attached to an aromatic ring is 1. The van der Waals surface area contributed by atoms with Crippen molar-refractivity contribution in [1.82, 2.24) is 13.7 Å². The molecule has 0 fully saturated rings. The highest BCUT2D eigenvalue weighted by Crippen LogP contribution is 2.51. The number of nitrogens with two attached hydrogens (primary N) is 1. The zero-order valence-corrected chi connectivity index (χ0v) is 86.6. The van der Waals surface area contributed by atoms with Gasteiger partial charge in [0.1, 0.15) is 0 Å². The maximum absolute atomic E-state index is 9.30. The number of para-hydroxylation sites is 2. The maximum atomic E-state index is 9.30. The van der Waals surface area contributed by atoms with Gasteiger partial charge in [0, 0.05) is 92.7 Å². The van der Waals surface area contributed by atoms with Crippen LogP contribution in [-0.2, 0) is 17.3 Å². The first-order chi connectivity index (χ1) is 67.5. The molecule has 3 aliphatic rings. The van der Waals surface area contributed by atoms with Gasteiger partial charge in [0.25, 0.3) is 0 Å². The molecule has 0 radical (unpaired) electrons. The standard InChI is InChI=1S/C23H16BrN.C22H13Br2N.C22H15N.C15H15BO2.C15H13Br.C13H10.C10H7Br.C6H6BrN/c1-15-6-10-22-20(12-15)21-14-18(24)8-11-23(21)25(22)19-9-7-16-4-2-3-5-17(16)13-19;23-16-6-9-21-19(12-16)20-13-17(24)7-10-22(20)25(21)18-8-5-14-3-1-2-4-15(14)11-18;1-2-8-17-15-18(14-13-16(17)7-1)23-21-11-5-3-9-19(21)20-10-4-6-12-22(20)23;1-15(2)13-6-4-3-5-11(13)12-8-7-10(16(17)18)9-14(12)15;1-15(2)13-6-4-3-5-11(13)12-8-7-10(16)9-14(12)15;1-3-7-12-10(5-1)9-11-6-2-4-8-13(11)12;11-10-6-5-8-3-1-2-4-9(8)7-10;7-5-1-3-6(8)4-2-5/h2-14H,1H3;1-13H;1-15H;3-9,17-18H,1-2H3;3-9H,1-2H3;1-8H,9H2;1-7H;1-4H,8H2. The summed E-state index contributed by atoms with van der Waals surface area (Å²) in [6.45, 7) is 11.1. The Morgan fingerprint density at radius 1 is 0.237 bits per heavy atom. The summed E-state index contributed by atoms with van der Waals surface area (Å²) in [4.78, 5) is 0. The third-order valence-electron chi connectivity index (χ3n) is 26.9. The molecule has 3 heterocycles. The van der Waals surface area contributed by atoms with Gasteiger partial charge in [0.2, 0.25) is 0 Å². The summed E-state index contributed by atoms with van der Waals surface area (Å²) in [6.07, 6.45) is 1.10. The second-order valence-corrected chi connectivity index (χ2v) is 41.9. The SMILES string of the molecule is Brc1ccc2c(c1)c1cc(Br)ccc1n2-c1ccc2ccccc2c1.Brc1ccc2ccccc2c1.CC1(C)c2ccccc2-c2ccc(B(O)O)cc21.CC1(C)c2ccccc2-c2ccc(Br)cc21.Cc1ccc2c(c1)c1cc(Br)ccc1n2-c1ccc2ccccc2c1.Nc1ccc(Br)cc1.c1ccc2c(c1)Cc1ccccc1-2.c1ccc2cc(-n3c4ccccc4c4ccccc43)ccc2c1. The lowest BCUT2D eigenvalue weighted by molar-refractivity contribution is 0.425. The van der Waals surface area contributed by atoms with E-state index in [4.69, 9.17) is 5.73 Å². The normalized spacial score (nSPS) is 12.3. The van der Waals surface area contributed by atoms with Crippen LogP contribution in [0.2, 0.25) is 0 Å². The monoisotopic (exact) mass is 2180 g/mol. The van der Waals surface area contributed by atoms with Crippen LogP contribution in [0.4, 0.5) is 5.69 Å². The molecular formula is C126H95BBr6N4O2. The van der Waals surface area contributed by atoms with Crippen molar-refractivity contribution < 1.29 is 10.0 Å². The minimum atomic E-state index is -1.41. The van der Waals surface area contributed by atoms with Gasteiger partial charge in [-0.2, -0.15) is 0 Å². The first-order valence-corrected chi connectivity index (χ1v) is 51.2. The average Bonchev–Trinajstić information content (AvgIpc) is 1.60. The van der Waals surface area contributed by atoms with Gasteiger partial charge in [0.15, 0.2) is 0 Å². The Morgan fingerprint density at radius 2 is 0.532 bits per heavy atom. The van der Waals surface area contributed by atoms with E-state index < -0.39 is 7.12 Å². The fourth-order valence-electron chi connectivity index (χ4n) is 20.0. The Balaban J connectivity index is 0.0000000998. The lowest BCUT2D eigenvalue weighted by Gasteiger charge is -2.21. The molecule has 6 nitrogen and oxygen atoms in total. The number of rotatable bonds is 4. The van der Waals surface area contributed by atoms with Crippen molar-refractivity contribution in [2.24, 2.45) is 0 Å². The number of hydrogen-bond donors (Lipinski definition) is 3. The molecule has 0 saturated carbocycles. The van der Waals surface area contributed by atoms with E-state index >= 15 is 0 Å². The van der Waals surface area contributed by atoms with Crippen LogP contribution in [0.25, 0.3) is 159 Å². The Kier molecular flexibility index (Phi) is 27.1. The predicted molar refractivity (Wildman–Crippen MR) is 613 cm³/mol. The highest BCUT2D eigenvalue weighted by molar-refractivity contribution is 9.11. The van der Waals surface area contributed by atoms with Crippen LogP contribution in [0, 0.1) is 6.92 Å². The lowest BCUT2D eigenvalue weighted by Crippen LogP contribution is -2.31. The number of anilines is 1. The van der Waals surface area contributed by atoms with Crippen LogP contribution in [0.15, 0.2) is 476 Å². The van der Waals surface area contributed by atoms with Crippen molar-refractivity contribution in [1.29, 1.82) is 0 Å². The van der Waals surface area contributed by atoms with Crippen molar-refractivity contribution in [2.75, 3.05) is 5.73 Å². The van der Waals surface area contributed by atoms with E-state index in [1.54, 1.807) is 6.07 Å². The summed E-state index contributed by atoms with van der Waals surface area (Å²) in [5, 5.41) is 36.4. The lowest BCUT2D eigenvalue weighted by atomic mass is 9.75. The van der Waals surface area contributed by atoms with Crippen LogP contribution in [-0.4, -0.2) is 30.9 Å². The van der Waals surface area contributed by atoms with Gasteiger partial charge >= 0.3 is 7.12 Å². The molecule has 3 aromatic heterocycles. The maximum Gasteiger partial charge on any atom is 0.488 e. The molecule has 0 unspecified atom stereocenters. The molecule has 0 saturated heterocycles. The zero-order chi connectivity index (χ0) is 95.7. The highest BCUT2D eigenvalue weighted by atomic mass is 79.9. The summed E-state index contributed by atoms with van der Waals surface area (Å²) in [5.74, 6) is 0. The highest BCUT2D eigenvalue weighted by Gasteiger charge is 2.37. The van der Waals surface area contributed by atoms with E-state index in [9.17, 15) is 10.0 Å². The van der Waals surface area contributed by atoms with Crippen molar-refractivity contribution in [3.8, 4) is 50.4 Å². The average molecular weight is 2190 g/mol. The van der Waals surface area contributed by atoms with Gasteiger partial charge < -0.3 is 29.5 Å². The van der Waals surface area contributed by atoms with E-state index in [0.717, 1.165) is 44.5 Å². The van der Waals surface area contributed by atoms with Crippen molar-refractivity contribution in [3.05, 3.63) is 515 Å². The number of aromatic nitrogens is 3. The van der Waals surface area contributed by atoms with Gasteiger partial charge in [-0.1, -0.05) is 414 Å². The molecule has 24 aromatic rings. The molecule has 0 bridgehead atoms. The van der Waals surface area contributed by atoms with E-state index in [1.165, 1.54) is 192 Å². The van der Waals surface area contributed by atoms with E-state index in [0.29, 0.717) is 5.46 Å². The van der Waals surface area contributed by atoms with Crippen LogP contribution in [0.3, 0.4) is 0 Å². The van der Waals surface area contributed by atoms with Gasteiger partial charge in [0.05, 0.1) is 33.1 Å². The van der Waals surface area contributed by atoms with Crippen molar-refractivity contribution in [3.63, 3.8) is 0 Å². The third-order valence-corrected chi connectivity index (χ3v) is 29.9. The van der Waals surface area contributed by atoms with E-state index in [2.05, 4.69) is 538 Å². The molecule has 4 N–H and O–H groups in total. The molecular weight excluding hydrogens is 2090 g/mol. The van der Waals surface area contributed by atoms with Crippen LogP contribution in [0.5, 0.6) is 0 Å². The number of fused-ring (bicyclic) bond motifs is 22. The summed E-state index contributed by atoms with van der Waals surface area (Å²) in [5.41, 5.74) is 35.3. The number of hydrogen-bond acceptors (Lipinski definition) is 3. The fraction of sp³-hybridized carbons (Fsp3) is 0.0635. The largest absolute Gasteiger partial charge is 0.488 e. The van der Waals surface area contributed by atoms with Gasteiger partial charge in [-0.25, -0.2) is 0 Å². The Bertz CT molecular complexity index is 8360. The number of benzene rings is 21. The smallest absolute Gasteiger partial charge is 0.423 e. The molecule has 21 aromatic carbocycles. The summed E-state index contributed by atoms with van der Waals surface area (Å²) in [6, 6.07) is 158. The van der Waals surface area contributed by atoms with Crippen molar-refractivity contribution in [2.45, 2.75) is 51.9 Å². The molecule has 139 heavy (non-hydrogen) atoms. The van der Waals surface area contributed by atoms with Gasteiger partial charge in [-0.05, 0) is 292 Å². The first-order valence-electron chi connectivity index (χ1n) is 46.4. The Morgan fingerprint density at radius 3 is 0.957 bits per heavy atom. The zero-order valence-electron chi connectivity index (χ0n) is 77.1. The Hall–Kier alpha value is -13.3. The molecule has 0 aliphatic heterocycles. The predicted octanol–water partition coefficient (Wildman–Crippen LogP) is 35.7. The van der Waals surface area contributed by atoms with Crippen LogP contribution >= 0.6 is 95.6 Å². The second-order valence-electron chi connectivity index (χ2n) is 36.4. The fourth-order valence-corrected chi connectivity index (χ4v) is 22.1. The van der Waals surface area contributed by atoms with E-state index in [-0.39, 0.29) is 10.8 Å². The minimum absolute atomic E-state index is 0.0865. The molecule has 3 aliphatic carbocycles. The topological polar surface area (TPSA) is 81.3 Å². The second kappa shape index (κ2) is 40.3. The molecule has 0 amide bonds. The van der Waals surface area contributed by atoms with Crippen LogP contribution < -0.4 is 11.2 Å². The third kappa shape index (κ3) is 19.2. The molecule has 0 atom stereocenters. The van der Waals surface area contributed by atoms with E-state index in [1.807, 2.05) is 48.5 Å². The summed E-state index contributed by atoms with van der Waals surface area (Å²) >= 11 is 21.1. The van der Waals surface area contributed by atoms with Gasteiger partial charge in [-0.15, -0.1) is 0 Å². The van der Waals surface area contributed by atoms with Crippen LogP contribution in [0.1, 0.15) is 66.6 Å². The quantitative estimate of drug-likeness (QED) is 0.121. The summed E-state index contributed by atoms with van der Waals surface area (Å²) < 4.78 is 13.7. The van der Waals surface area contributed by atoms with Crippen molar-refractivity contribution >= 4 is 222 Å². The van der Waals surface area contributed by atoms with Gasteiger partial charge in [-0.3, -0.25) is 0 Å². The summed E-state index contributed by atoms with van der Waals surface area (Å²) in [7, 11) is -1.41. The molecule has 676 valence electrons. The molecule has 27 rings (SSSR count). The number of aryl methyl sites for hydroxylation is 1.